The van der Waals surface area contributed by atoms with Gasteiger partial charge in [-0.3, -0.25) is 18.6 Å². The van der Waals surface area contributed by atoms with Crippen molar-refractivity contribution in [1.82, 2.24) is 19.2 Å². The summed E-state index contributed by atoms with van der Waals surface area (Å²) in [5.74, 6) is 0.499. The molecule has 2 heterocycles. The van der Waals surface area contributed by atoms with Gasteiger partial charge < -0.3 is 4.74 Å². The van der Waals surface area contributed by atoms with Gasteiger partial charge in [0.25, 0.3) is 5.56 Å². The standard InChI is InChI=1S/C23H24N4O3S/c1-3-30-15-9-14-26-21(29)18-12-7-8-13-19(18)27-22(26)24-25-23(27)31-16(2)20(28)17-10-5-4-6-11-17/h4-8,10-13,16H,3,9,14-15H2,1-2H3. The third kappa shape index (κ3) is 4.26. The first-order valence-corrected chi connectivity index (χ1v) is 11.2. The summed E-state index contributed by atoms with van der Waals surface area (Å²) in [5, 5.41) is 9.48. The Labute approximate surface area is 184 Å². The van der Waals surface area contributed by atoms with E-state index in [-0.39, 0.29) is 16.6 Å². The van der Waals surface area contributed by atoms with Crippen molar-refractivity contribution in [1.29, 1.82) is 0 Å². The first-order valence-electron chi connectivity index (χ1n) is 10.3. The summed E-state index contributed by atoms with van der Waals surface area (Å²) in [5.41, 5.74) is 1.29. The lowest BCUT2D eigenvalue weighted by Crippen LogP contribution is -2.24. The highest BCUT2D eigenvalue weighted by Crippen LogP contribution is 2.27. The minimum atomic E-state index is -0.355. The third-order valence-electron chi connectivity index (χ3n) is 5.06. The minimum absolute atomic E-state index is 0.0247. The molecule has 4 rings (SSSR count). The van der Waals surface area contributed by atoms with Crippen LogP contribution in [-0.2, 0) is 11.3 Å². The van der Waals surface area contributed by atoms with Crippen molar-refractivity contribution in [2.75, 3.05) is 13.2 Å². The number of fused-ring (bicyclic) bond motifs is 3. The van der Waals surface area contributed by atoms with Crippen LogP contribution in [0.25, 0.3) is 16.7 Å². The molecular formula is C23H24N4O3S. The second kappa shape index (κ2) is 9.45. The Hall–Kier alpha value is -2.97. The van der Waals surface area contributed by atoms with Crippen LogP contribution in [0.2, 0.25) is 0 Å². The predicted octanol–water partition coefficient (Wildman–Crippen LogP) is 3.83. The molecule has 0 saturated carbocycles. The van der Waals surface area contributed by atoms with Gasteiger partial charge in [-0.15, -0.1) is 10.2 Å². The zero-order valence-electron chi connectivity index (χ0n) is 17.5. The van der Waals surface area contributed by atoms with Gasteiger partial charge in [0.2, 0.25) is 5.78 Å². The van der Waals surface area contributed by atoms with E-state index in [9.17, 15) is 9.59 Å². The first-order chi connectivity index (χ1) is 15.1. The molecule has 0 N–H and O–H groups in total. The maximum atomic E-state index is 13.1. The van der Waals surface area contributed by atoms with Gasteiger partial charge in [-0.1, -0.05) is 54.2 Å². The number of carbonyl (C=O) groups is 1. The highest BCUT2D eigenvalue weighted by Gasteiger charge is 2.22. The normalized spacial score (nSPS) is 12.5. The molecule has 0 fully saturated rings. The Balaban J connectivity index is 1.74. The topological polar surface area (TPSA) is 78.5 Å². The van der Waals surface area contributed by atoms with E-state index in [1.165, 1.54) is 11.8 Å². The van der Waals surface area contributed by atoms with Gasteiger partial charge >= 0.3 is 0 Å². The third-order valence-corrected chi connectivity index (χ3v) is 6.11. The molecule has 0 aliphatic rings. The lowest BCUT2D eigenvalue weighted by Gasteiger charge is -2.13. The Kier molecular flexibility index (Phi) is 6.48. The van der Waals surface area contributed by atoms with Crippen LogP contribution in [0.15, 0.2) is 64.5 Å². The molecule has 0 amide bonds. The predicted molar refractivity (Wildman–Crippen MR) is 122 cm³/mol. The van der Waals surface area contributed by atoms with Gasteiger partial charge in [-0.25, -0.2) is 0 Å². The summed E-state index contributed by atoms with van der Waals surface area (Å²) in [7, 11) is 0. The molecule has 0 aliphatic carbocycles. The fourth-order valence-electron chi connectivity index (χ4n) is 3.53. The molecule has 4 aromatic rings. The zero-order chi connectivity index (χ0) is 21.8. The van der Waals surface area contributed by atoms with Crippen LogP contribution >= 0.6 is 11.8 Å². The average Bonchev–Trinajstić information content (AvgIpc) is 3.22. The Morgan fingerprint density at radius 2 is 1.84 bits per heavy atom. The molecule has 31 heavy (non-hydrogen) atoms. The van der Waals surface area contributed by atoms with Crippen LogP contribution in [0.5, 0.6) is 0 Å². The molecule has 1 unspecified atom stereocenters. The monoisotopic (exact) mass is 436 g/mol. The smallest absolute Gasteiger partial charge is 0.262 e. The van der Waals surface area contributed by atoms with E-state index in [1.54, 1.807) is 4.57 Å². The number of carbonyl (C=O) groups excluding carboxylic acids is 1. The maximum Gasteiger partial charge on any atom is 0.262 e. The number of ether oxygens (including phenoxy) is 1. The van der Waals surface area contributed by atoms with Gasteiger partial charge in [-0.05, 0) is 32.4 Å². The summed E-state index contributed by atoms with van der Waals surface area (Å²) in [6.07, 6.45) is 0.694. The van der Waals surface area contributed by atoms with E-state index >= 15 is 0 Å². The number of rotatable bonds is 9. The largest absolute Gasteiger partial charge is 0.382 e. The van der Waals surface area contributed by atoms with E-state index < -0.39 is 0 Å². The van der Waals surface area contributed by atoms with Crippen molar-refractivity contribution in [3.63, 3.8) is 0 Å². The number of ketones is 1. The quantitative estimate of drug-likeness (QED) is 0.225. The molecule has 0 spiro atoms. The molecule has 0 aliphatic heterocycles. The summed E-state index contributed by atoms with van der Waals surface area (Å²) < 4.78 is 8.93. The van der Waals surface area contributed by atoms with Crippen molar-refractivity contribution in [3.8, 4) is 0 Å². The van der Waals surface area contributed by atoms with Gasteiger partial charge in [0.1, 0.15) is 0 Å². The van der Waals surface area contributed by atoms with Crippen LogP contribution in [-0.4, -0.2) is 43.4 Å². The van der Waals surface area contributed by atoms with Crippen LogP contribution in [0.4, 0.5) is 0 Å². The second-order valence-electron chi connectivity index (χ2n) is 7.13. The molecule has 0 saturated heterocycles. The zero-order valence-corrected chi connectivity index (χ0v) is 18.3. The fourth-order valence-corrected chi connectivity index (χ4v) is 4.46. The number of thioether (sulfide) groups is 1. The van der Waals surface area contributed by atoms with E-state index in [4.69, 9.17) is 4.74 Å². The number of para-hydroxylation sites is 1. The Morgan fingerprint density at radius 3 is 2.61 bits per heavy atom. The Bertz CT molecular complexity index is 1270. The number of hydrogen-bond acceptors (Lipinski definition) is 6. The molecular weight excluding hydrogens is 412 g/mol. The SMILES string of the molecule is CCOCCCn1c(=O)c2ccccc2n2c(SC(C)C(=O)c3ccccc3)nnc12. The average molecular weight is 437 g/mol. The Morgan fingerprint density at radius 1 is 1.10 bits per heavy atom. The number of aromatic nitrogens is 4. The van der Waals surface area contributed by atoms with Gasteiger partial charge in [0.15, 0.2) is 10.9 Å². The number of aryl methyl sites for hydroxylation is 1. The number of nitrogens with zero attached hydrogens (tertiary/aromatic N) is 4. The number of Topliss-reactive ketones (excluding diaryl/α,β-unsaturated/α-hetero) is 1. The number of hydrogen-bond donors (Lipinski definition) is 0. The van der Waals surface area contributed by atoms with Crippen LogP contribution in [0.1, 0.15) is 30.6 Å². The molecule has 0 radical (unpaired) electrons. The van der Waals surface area contributed by atoms with E-state index in [2.05, 4.69) is 10.2 Å². The lowest BCUT2D eigenvalue weighted by molar-refractivity contribution is 0.0994. The van der Waals surface area contributed by atoms with E-state index in [0.29, 0.717) is 48.1 Å². The maximum absolute atomic E-state index is 13.1. The summed E-state index contributed by atoms with van der Waals surface area (Å²) in [6.45, 7) is 5.50. The van der Waals surface area contributed by atoms with Crippen molar-refractivity contribution in [3.05, 3.63) is 70.5 Å². The van der Waals surface area contributed by atoms with Crippen LogP contribution in [0, 0.1) is 0 Å². The number of benzene rings is 2. The van der Waals surface area contributed by atoms with Crippen molar-refractivity contribution < 1.29 is 9.53 Å². The molecule has 2 aromatic carbocycles. The lowest BCUT2D eigenvalue weighted by atomic mass is 10.1. The molecule has 7 nitrogen and oxygen atoms in total. The minimum Gasteiger partial charge on any atom is -0.382 e. The molecule has 0 bridgehead atoms. The van der Waals surface area contributed by atoms with Crippen LogP contribution in [0.3, 0.4) is 0 Å². The van der Waals surface area contributed by atoms with E-state index in [0.717, 1.165) is 5.52 Å². The van der Waals surface area contributed by atoms with Gasteiger partial charge in [0.05, 0.1) is 16.2 Å². The highest BCUT2D eigenvalue weighted by molar-refractivity contribution is 8.00. The van der Waals surface area contributed by atoms with E-state index in [1.807, 2.05) is 72.8 Å². The van der Waals surface area contributed by atoms with Gasteiger partial charge in [-0.2, -0.15) is 0 Å². The summed E-state index contributed by atoms with van der Waals surface area (Å²) in [4.78, 5) is 26.0. The fraction of sp³-hybridized carbons (Fsp3) is 0.304. The van der Waals surface area contributed by atoms with Crippen molar-refractivity contribution in [2.45, 2.75) is 37.2 Å². The summed E-state index contributed by atoms with van der Waals surface area (Å²) >= 11 is 1.34. The summed E-state index contributed by atoms with van der Waals surface area (Å²) in [6, 6.07) is 16.6. The second-order valence-corrected chi connectivity index (χ2v) is 8.44. The highest BCUT2D eigenvalue weighted by atomic mass is 32.2. The molecule has 1 atom stereocenters. The van der Waals surface area contributed by atoms with Gasteiger partial charge in [0, 0.05) is 25.3 Å². The molecule has 8 heteroatoms. The van der Waals surface area contributed by atoms with Crippen molar-refractivity contribution in [2.24, 2.45) is 0 Å². The first kappa shape index (κ1) is 21.3. The molecule has 160 valence electrons. The van der Waals surface area contributed by atoms with Crippen LogP contribution < -0.4 is 5.56 Å². The molecule has 2 aromatic heterocycles. The van der Waals surface area contributed by atoms with Crippen molar-refractivity contribution >= 4 is 34.2 Å².